The van der Waals surface area contributed by atoms with Gasteiger partial charge >= 0.3 is 6.18 Å². The maximum Gasteiger partial charge on any atom is 0.416 e. The largest absolute Gasteiger partial charge is 0.416 e. The molecule has 3 unspecified atom stereocenters. The minimum absolute atomic E-state index is 0.273. The van der Waals surface area contributed by atoms with E-state index in [1.165, 1.54) is 23.9 Å². The van der Waals surface area contributed by atoms with Crippen LogP contribution in [0.2, 0.25) is 0 Å². The zero-order valence-electron chi connectivity index (χ0n) is 21.5. The summed E-state index contributed by atoms with van der Waals surface area (Å²) >= 11 is 7.55. The molecule has 216 valence electrons. The molecule has 0 spiro atoms. The fourth-order valence-corrected chi connectivity index (χ4v) is 6.05. The number of amides is 1. The van der Waals surface area contributed by atoms with Gasteiger partial charge in [0.15, 0.2) is 0 Å². The highest BCUT2D eigenvalue weighted by atomic mass is 35.5. The van der Waals surface area contributed by atoms with E-state index < -0.39 is 59.1 Å². The third kappa shape index (κ3) is 8.22. The molecule has 5 N–H and O–H groups in total. The zero-order chi connectivity index (χ0) is 28.0. The summed E-state index contributed by atoms with van der Waals surface area (Å²) in [7, 11) is 0. The average molecular weight is 583 g/mol. The van der Waals surface area contributed by atoms with Gasteiger partial charge in [0.05, 0.1) is 23.0 Å². The Balaban J connectivity index is 1.50. The van der Waals surface area contributed by atoms with Crippen LogP contribution in [0.5, 0.6) is 0 Å². The predicted molar refractivity (Wildman–Crippen MR) is 141 cm³/mol. The predicted octanol–water partition coefficient (Wildman–Crippen LogP) is 3.07. The number of benzene rings is 1. The van der Waals surface area contributed by atoms with E-state index in [-0.39, 0.29) is 5.91 Å². The van der Waals surface area contributed by atoms with Crippen LogP contribution in [0.25, 0.3) is 0 Å². The van der Waals surface area contributed by atoms with Gasteiger partial charge in [-0.3, -0.25) is 4.79 Å². The van der Waals surface area contributed by atoms with Crippen LogP contribution in [0.15, 0.2) is 24.3 Å². The SMILES string of the molecule is CSC1O[C@H]([C@H](NC(=O)[C@@H]2CC[C@H](CCCc3ccc(C(F)(F)F)cc3)CCN2)[C@H](C)Cl)C(O)C(O)[C@H]1O. The molecule has 12 heteroatoms. The normalized spacial score (nSPS) is 32.3. The van der Waals surface area contributed by atoms with Gasteiger partial charge in [-0.05, 0) is 75.4 Å². The molecule has 1 aromatic rings. The molecule has 7 nitrogen and oxygen atoms in total. The quantitative estimate of drug-likeness (QED) is 0.285. The fraction of sp³-hybridized carbons (Fsp3) is 0.731. The Morgan fingerprint density at radius 3 is 2.45 bits per heavy atom. The number of ether oxygens (including phenoxy) is 1. The number of carbonyl (C=O) groups excluding carboxylic acids is 1. The van der Waals surface area contributed by atoms with Gasteiger partial charge in [-0.1, -0.05) is 18.6 Å². The highest BCUT2D eigenvalue weighted by molar-refractivity contribution is 7.99. The number of halogens is 4. The Morgan fingerprint density at radius 2 is 1.84 bits per heavy atom. The van der Waals surface area contributed by atoms with Crippen molar-refractivity contribution in [3.8, 4) is 0 Å². The van der Waals surface area contributed by atoms with E-state index in [0.29, 0.717) is 25.3 Å². The van der Waals surface area contributed by atoms with E-state index in [2.05, 4.69) is 10.6 Å². The number of nitrogens with one attached hydrogen (secondary N) is 2. The van der Waals surface area contributed by atoms with E-state index in [9.17, 15) is 33.3 Å². The van der Waals surface area contributed by atoms with Crippen LogP contribution in [-0.4, -0.2) is 81.3 Å². The molecule has 2 aliphatic rings. The molecule has 0 radical (unpaired) electrons. The van der Waals surface area contributed by atoms with E-state index in [1.807, 2.05) is 0 Å². The van der Waals surface area contributed by atoms with Crippen LogP contribution in [0.1, 0.15) is 50.2 Å². The number of aliphatic hydroxyl groups excluding tert-OH is 3. The Hall–Kier alpha value is -1.08. The summed E-state index contributed by atoms with van der Waals surface area (Å²) in [6.45, 7) is 2.31. The average Bonchev–Trinajstić information content (AvgIpc) is 3.12. The molecule has 2 heterocycles. The Labute approximate surface area is 230 Å². The molecule has 0 bridgehead atoms. The standard InChI is InChI=1S/C26H38ClF3N2O5S/c1-14(27)19(23-21(34)20(33)22(35)25(37-23)38-2)32-24(36)18-11-8-16(12-13-31-18)5-3-4-15-6-9-17(10-7-15)26(28,29)30/h6-7,9-10,14,16,18-23,25,31,33-35H,3-5,8,11-13H2,1-2H3,(H,32,36)/t14-,16-,18-,19+,20?,21?,22+,23+,25?/m0/s1. The summed E-state index contributed by atoms with van der Waals surface area (Å²) in [5.74, 6) is 0.116. The minimum Gasteiger partial charge on any atom is -0.388 e. The first kappa shape index (κ1) is 31.4. The van der Waals surface area contributed by atoms with Crippen molar-refractivity contribution >= 4 is 29.3 Å². The van der Waals surface area contributed by atoms with E-state index in [4.69, 9.17) is 16.3 Å². The van der Waals surface area contributed by atoms with E-state index in [0.717, 1.165) is 43.4 Å². The van der Waals surface area contributed by atoms with Crippen molar-refractivity contribution in [1.29, 1.82) is 0 Å². The first-order valence-corrected chi connectivity index (χ1v) is 14.7. The first-order chi connectivity index (χ1) is 17.9. The third-order valence-electron chi connectivity index (χ3n) is 7.48. The number of alkyl halides is 4. The molecule has 3 rings (SSSR count). The summed E-state index contributed by atoms with van der Waals surface area (Å²) in [5.41, 5.74) is -0.544. The summed E-state index contributed by atoms with van der Waals surface area (Å²) in [6, 6.07) is 4.04. The molecule has 2 aliphatic heterocycles. The summed E-state index contributed by atoms with van der Waals surface area (Å²) in [4.78, 5) is 13.1. The third-order valence-corrected chi connectivity index (χ3v) is 8.61. The zero-order valence-corrected chi connectivity index (χ0v) is 23.1. The van der Waals surface area contributed by atoms with Crippen LogP contribution < -0.4 is 10.6 Å². The van der Waals surface area contributed by atoms with Gasteiger partial charge in [0.25, 0.3) is 0 Å². The van der Waals surface area contributed by atoms with Crippen molar-refractivity contribution in [2.75, 3.05) is 12.8 Å². The Bertz CT molecular complexity index is 893. The van der Waals surface area contributed by atoms with Gasteiger partial charge in [-0.2, -0.15) is 13.2 Å². The second-order valence-corrected chi connectivity index (χ2v) is 11.8. The maximum absolute atomic E-state index is 13.1. The molecule has 2 saturated heterocycles. The fourth-order valence-electron chi connectivity index (χ4n) is 5.17. The number of hydrogen-bond acceptors (Lipinski definition) is 7. The maximum atomic E-state index is 13.1. The number of hydrogen-bond donors (Lipinski definition) is 5. The van der Waals surface area contributed by atoms with Gasteiger partial charge in [0, 0.05) is 0 Å². The molecule has 2 fully saturated rings. The van der Waals surface area contributed by atoms with Gasteiger partial charge in [0.1, 0.15) is 29.9 Å². The van der Waals surface area contributed by atoms with Gasteiger partial charge in [0.2, 0.25) is 5.91 Å². The molecule has 1 aromatic carbocycles. The molecule has 0 aliphatic carbocycles. The Kier molecular flexibility index (Phi) is 11.6. The topological polar surface area (TPSA) is 111 Å². The lowest BCUT2D eigenvalue weighted by atomic mass is 9.91. The Morgan fingerprint density at radius 1 is 1.16 bits per heavy atom. The van der Waals surface area contributed by atoms with Crippen molar-refractivity contribution < 1.29 is 38.0 Å². The molecule has 9 atom stereocenters. The molecule has 1 amide bonds. The number of aliphatic hydroxyl groups is 3. The highest BCUT2D eigenvalue weighted by Gasteiger charge is 2.48. The van der Waals surface area contributed by atoms with Crippen LogP contribution >= 0.6 is 23.4 Å². The number of aryl methyl sites for hydroxylation is 1. The number of carbonyl (C=O) groups is 1. The monoisotopic (exact) mass is 582 g/mol. The van der Waals surface area contributed by atoms with Gasteiger partial charge in [-0.25, -0.2) is 0 Å². The van der Waals surface area contributed by atoms with Crippen molar-refractivity contribution in [1.82, 2.24) is 10.6 Å². The lowest BCUT2D eigenvalue weighted by molar-refractivity contribution is -0.205. The van der Waals surface area contributed by atoms with Crippen molar-refractivity contribution in [2.24, 2.45) is 5.92 Å². The smallest absolute Gasteiger partial charge is 0.388 e. The van der Waals surface area contributed by atoms with Crippen LogP contribution in [-0.2, 0) is 22.1 Å². The first-order valence-electron chi connectivity index (χ1n) is 13.0. The molecule has 0 aromatic heterocycles. The number of thioether (sulfide) groups is 1. The number of rotatable bonds is 9. The van der Waals surface area contributed by atoms with E-state index >= 15 is 0 Å². The summed E-state index contributed by atoms with van der Waals surface area (Å²) < 4.78 is 44.0. The van der Waals surface area contributed by atoms with Crippen molar-refractivity contribution in [3.63, 3.8) is 0 Å². The molecule has 0 saturated carbocycles. The summed E-state index contributed by atoms with van der Waals surface area (Å²) in [6.07, 6.45) is -2.97. The second-order valence-electron chi connectivity index (χ2n) is 10.2. The van der Waals surface area contributed by atoms with E-state index in [1.54, 1.807) is 13.2 Å². The molecular weight excluding hydrogens is 545 g/mol. The van der Waals surface area contributed by atoms with Crippen molar-refractivity contribution in [3.05, 3.63) is 35.4 Å². The van der Waals surface area contributed by atoms with Crippen molar-refractivity contribution in [2.45, 2.75) is 98.9 Å². The molecular formula is C26H38ClF3N2O5S. The lowest BCUT2D eigenvalue weighted by Crippen LogP contribution is -2.65. The van der Waals surface area contributed by atoms with Crippen LogP contribution in [0, 0.1) is 5.92 Å². The second kappa shape index (κ2) is 14.0. The lowest BCUT2D eigenvalue weighted by Gasteiger charge is -2.44. The minimum atomic E-state index is -4.33. The van der Waals surface area contributed by atoms with Gasteiger partial charge in [-0.15, -0.1) is 23.4 Å². The van der Waals surface area contributed by atoms with Crippen LogP contribution in [0.4, 0.5) is 13.2 Å². The van der Waals surface area contributed by atoms with Crippen LogP contribution in [0.3, 0.4) is 0 Å². The highest BCUT2D eigenvalue weighted by Crippen LogP contribution is 2.31. The summed E-state index contributed by atoms with van der Waals surface area (Å²) in [5, 5.41) is 36.5. The van der Waals surface area contributed by atoms with Gasteiger partial charge < -0.3 is 30.7 Å². The molecule has 38 heavy (non-hydrogen) atoms.